The van der Waals surface area contributed by atoms with Crippen molar-refractivity contribution in [1.29, 1.82) is 0 Å². The molecule has 1 unspecified atom stereocenters. The minimum atomic E-state index is -0.514. The van der Waals surface area contributed by atoms with Crippen molar-refractivity contribution in [3.63, 3.8) is 0 Å². The maximum Gasteiger partial charge on any atom is 0.321 e. The van der Waals surface area contributed by atoms with Gasteiger partial charge in [0.25, 0.3) is 0 Å². The molecule has 3 heterocycles. The first kappa shape index (κ1) is 16.4. The number of urea groups is 1. The van der Waals surface area contributed by atoms with Crippen LogP contribution >= 0.6 is 0 Å². The Labute approximate surface area is 140 Å². The Bertz CT molecular complexity index is 715. The predicted molar refractivity (Wildman–Crippen MR) is 87.5 cm³/mol. The third-order valence-electron chi connectivity index (χ3n) is 4.17. The van der Waals surface area contributed by atoms with Crippen molar-refractivity contribution in [1.82, 2.24) is 29.9 Å². The molecular formula is C15H23N7O2. The first-order valence-corrected chi connectivity index (χ1v) is 8.12. The Morgan fingerprint density at radius 2 is 2.33 bits per heavy atom. The van der Waals surface area contributed by atoms with Crippen molar-refractivity contribution >= 4 is 12.0 Å². The number of carbonyl (C=O) groups is 1. The Kier molecular flexibility index (Phi) is 4.52. The normalized spacial score (nSPS) is 20.3. The van der Waals surface area contributed by atoms with E-state index < -0.39 is 5.60 Å². The Hall–Kier alpha value is -2.42. The van der Waals surface area contributed by atoms with Crippen molar-refractivity contribution in [2.45, 2.75) is 38.8 Å². The van der Waals surface area contributed by atoms with Gasteiger partial charge in [0.1, 0.15) is 11.4 Å². The molecule has 0 aliphatic carbocycles. The van der Waals surface area contributed by atoms with Crippen molar-refractivity contribution < 1.29 is 9.53 Å². The molecule has 2 aromatic heterocycles. The summed E-state index contributed by atoms with van der Waals surface area (Å²) < 4.78 is 9.35. The summed E-state index contributed by atoms with van der Waals surface area (Å²) in [6.07, 6.45) is 5.54. The number of hydrogen-bond acceptors (Lipinski definition) is 5. The molecule has 1 atom stereocenters. The molecule has 0 bridgehead atoms. The van der Waals surface area contributed by atoms with E-state index in [-0.39, 0.29) is 6.03 Å². The molecule has 9 heteroatoms. The molecule has 0 spiro atoms. The third kappa shape index (κ3) is 3.25. The first-order chi connectivity index (χ1) is 11.5. The van der Waals surface area contributed by atoms with E-state index in [0.717, 1.165) is 18.4 Å². The zero-order valence-corrected chi connectivity index (χ0v) is 14.2. The summed E-state index contributed by atoms with van der Waals surface area (Å²) >= 11 is 0. The SMILES string of the molecule is CCn1nc(C)nc1NC(=O)NCC1(c2cnn(C)c2)CCCO1. The van der Waals surface area contributed by atoms with Crippen LogP contribution in [-0.4, -0.2) is 43.7 Å². The van der Waals surface area contributed by atoms with E-state index in [4.69, 9.17) is 4.74 Å². The van der Waals surface area contributed by atoms with Gasteiger partial charge in [-0.3, -0.25) is 10.00 Å². The van der Waals surface area contributed by atoms with Crippen LogP contribution in [0.1, 0.15) is 31.2 Å². The summed E-state index contributed by atoms with van der Waals surface area (Å²) in [4.78, 5) is 16.5. The molecular weight excluding hydrogens is 310 g/mol. The molecule has 0 aromatic carbocycles. The number of carbonyl (C=O) groups excluding carboxylic acids is 1. The lowest BCUT2D eigenvalue weighted by Gasteiger charge is -2.27. The molecule has 1 aliphatic rings. The number of aryl methyl sites for hydroxylation is 3. The maximum atomic E-state index is 12.2. The molecule has 9 nitrogen and oxygen atoms in total. The second-order valence-electron chi connectivity index (χ2n) is 5.96. The monoisotopic (exact) mass is 333 g/mol. The van der Waals surface area contributed by atoms with Gasteiger partial charge in [-0.25, -0.2) is 9.48 Å². The van der Waals surface area contributed by atoms with Crippen molar-refractivity contribution in [3.05, 3.63) is 23.8 Å². The van der Waals surface area contributed by atoms with Crippen molar-refractivity contribution in [3.8, 4) is 0 Å². The van der Waals surface area contributed by atoms with Crippen LogP contribution in [0.2, 0.25) is 0 Å². The minimum Gasteiger partial charge on any atom is -0.368 e. The van der Waals surface area contributed by atoms with Crippen LogP contribution in [0, 0.1) is 6.92 Å². The van der Waals surface area contributed by atoms with E-state index in [1.165, 1.54) is 0 Å². The highest BCUT2D eigenvalue weighted by Crippen LogP contribution is 2.35. The summed E-state index contributed by atoms with van der Waals surface area (Å²) in [5, 5.41) is 14.1. The average Bonchev–Trinajstić information content (AvgIpc) is 3.26. The molecule has 2 N–H and O–H groups in total. The summed E-state index contributed by atoms with van der Waals surface area (Å²) in [7, 11) is 1.87. The molecule has 1 fully saturated rings. The van der Waals surface area contributed by atoms with Crippen LogP contribution in [-0.2, 0) is 23.9 Å². The van der Waals surface area contributed by atoms with Gasteiger partial charge in [0.15, 0.2) is 0 Å². The van der Waals surface area contributed by atoms with E-state index in [1.807, 2.05) is 20.2 Å². The quantitative estimate of drug-likeness (QED) is 0.856. The number of aromatic nitrogens is 5. The zero-order valence-electron chi connectivity index (χ0n) is 14.2. The van der Waals surface area contributed by atoms with Crippen LogP contribution in [0.4, 0.5) is 10.7 Å². The highest BCUT2D eigenvalue weighted by molar-refractivity contribution is 5.87. The lowest BCUT2D eigenvalue weighted by atomic mass is 9.93. The van der Waals surface area contributed by atoms with Gasteiger partial charge >= 0.3 is 6.03 Å². The fourth-order valence-corrected chi connectivity index (χ4v) is 2.96. The minimum absolute atomic E-state index is 0.323. The van der Waals surface area contributed by atoms with Gasteiger partial charge in [-0.05, 0) is 26.7 Å². The lowest BCUT2D eigenvalue weighted by molar-refractivity contribution is 0.00323. The first-order valence-electron chi connectivity index (χ1n) is 8.12. The van der Waals surface area contributed by atoms with Crippen molar-refractivity contribution in [2.24, 2.45) is 7.05 Å². The fraction of sp³-hybridized carbons (Fsp3) is 0.600. The van der Waals surface area contributed by atoms with Crippen LogP contribution in [0.15, 0.2) is 12.4 Å². The van der Waals surface area contributed by atoms with E-state index in [2.05, 4.69) is 25.8 Å². The summed E-state index contributed by atoms with van der Waals surface area (Å²) in [5.41, 5.74) is 0.468. The van der Waals surface area contributed by atoms with E-state index >= 15 is 0 Å². The predicted octanol–water partition coefficient (Wildman–Crippen LogP) is 1.17. The number of nitrogens with one attached hydrogen (secondary N) is 2. The van der Waals surface area contributed by atoms with Gasteiger partial charge in [0, 0.05) is 32.0 Å². The second kappa shape index (κ2) is 6.60. The molecule has 130 valence electrons. The number of anilines is 1. The van der Waals surface area contributed by atoms with Crippen molar-refractivity contribution in [2.75, 3.05) is 18.5 Å². The largest absolute Gasteiger partial charge is 0.368 e. The molecule has 0 saturated carbocycles. The molecule has 2 aromatic rings. The Balaban J connectivity index is 1.65. The van der Waals surface area contributed by atoms with Crippen LogP contribution in [0.3, 0.4) is 0 Å². The van der Waals surface area contributed by atoms with Crippen LogP contribution in [0.25, 0.3) is 0 Å². The highest BCUT2D eigenvalue weighted by Gasteiger charge is 2.38. The maximum absolute atomic E-state index is 12.2. The zero-order chi connectivity index (χ0) is 17.2. The van der Waals surface area contributed by atoms with E-state index in [0.29, 0.717) is 31.5 Å². The second-order valence-corrected chi connectivity index (χ2v) is 5.96. The summed E-state index contributed by atoms with van der Waals surface area (Å²) in [6.45, 7) is 5.44. The smallest absolute Gasteiger partial charge is 0.321 e. The van der Waals surface area contributed by atoms with Gasteiger partial charge in [0.2, 0.25) is 5.95 Å². The molecule has 24 heavy (non-hydrogen) atoms. The third-order valence-corrected chi connectivity index (χ3v) is 4.17. The van der Waals surface area contributed by atoms with Gasteiger partial charge < -0.3 is 10.1 Å². The number of nitrogens with zero attached hydrogens (tertiary/aromatic N) is 5. The molecule has 0 radical (unpaired) electrons. The van der Waals surface area contributed by atoms with Crippen LogP contribution in [0.5, 0.6) is 0 Å². The Morgan fingerprint density at radius 1 is 1.50 bits per heavy atom. The molecule has 3 rings (SSSR count). The van der Waals surface area contributed by atoms with Crippen LogP contribution < -0.4 is 10.6 Å². The molecule has 1 aliphatic heterocycles. The lowest BCUT2D eigenvalue weighted by Crippen LogP contribution is -2.42. The van der Waals surface area contributed by atoms with E-state index in [9.17, 15) is 4.79 Å². The van der Waals surface area contributed by atoms with E-state index in [1.54, 1.807) is 22.5 Å². The number of ether oxygens (including phenoxy) is 1. The number of amides is 2. The summed E-state index contributed by atoms with van der Waals surface area (Å²) in [5.74, 6) is 1.06. The number of rotatable bonds is 5. The molecule has 2 amide bonds. The fourth-order valence-electron chi connectivity index (χ4n) is 2.96. The van der Waals surface area contributed by atoms with Gasteiger partial charge in [-0.15, -0.1) is 0 Å². The average molecular weight is 333 g/mol. The van der Waals surface area contributed by atoms with Gasteiger partial charge in [0.05, 0.1) is 12.7 Å². The van der Waals surface area contributed by atoms with Gasteiger partial charge in [-0.2, -0.15) is 15.2 Å². The van der Waals surface area contributed by atoms with Gasteiger partial charge in [-0.1, -0.05) is 0 Å². The highest BCUT2D eigenvalue weighted by atomic mass is 16.5. The summed E-state index contributed by atoms with van der Waals surface area (Å²) in [6, 6.07) is -0.323. The molecule has 1 saturated heterocycles. The standard InChI is InChI=1S/C15H23N7O2/c1-4-22-13(18-11(2)20-22)19-14(23)16-10-15(6-5-7-24-15)12-8-17-21(3)9-12/h8-9H,4-7,10H2,1-3H3,(H2,16,18,19,20,23). The topological polar surface area (TPSA) is 98.9 Å². The number of hydrogen-bond donors (Lipinski definition) is 2. The Morgan fingerprint density at radius 3 is 2.96 bits per heavy atom.